The summed E-state index contributed by atoms with van der Waals surface area (Å²) >= 11 is 0. The van der Waals surface area contributed by atoms with Crippen molar-refractivity contribution in [2.75, 3.05) is 0 Å². The summed E-state index contributed by atoms with van der Waals surface area (Å²) in [5, 5.41) is 12.3. The summed E-state index contributed by atoms with van der Waals surface area (Å²) < 4.78 is 15.1. The average molecular weight is 258 g/mol. The van der Waals surface area contributed by atoms with Crippen LogP contribution in [0.5, 0.6) is 0 Å². The molecule has 1 aliphatic heterocycles. The summed E-state index contributed by atoms with van der Waals surface area (Å²) in [6.07, 6.45) is 3.65. The Kier molecular flexibility index (Phi) is 2.81. The van der Waals surface area contributed by atoms with Crippen LogP contribution in [-0.2, 0) is 13.1 Å². The van der Waals surface area contributed by atoms with Gasteiger partial charge >= 0.3 is 0 Å². The lowest BCUT2D eigenvalue weighted by molar-refractivity contribution is 0.293. The highest BCUT2D eigenvalue weighted by Gasteiger charge is 2.28. The van der Waals surface area contributed by atoms with Gasteiger partial charge < -0.3 is 4.90 Å². The van der Waals surface area contributed by atoms with Crippen molar-refractivity contribution in [3.63, 3.8) is 0 Å². The predicted octanol–water partition coefficient (Wildman–Crippen LogP) is 2.25. The zero-order valence-corrected chi connectivity index (χ0v) is 10.7. The molecule has 0 saturated carbocycles. The van der Waals surface area contributed by atoms with Crippen LogP contribution >= 0.6 is 0 Å². The zero-order valence-electron chi connectivity index (χ0n) is 10.7. The minimum Gasteiger partial charge on any atom is -0.348 e. The Hall–Kier alpha value is -2.17. The molecule has 1 aliphatic rings. The second kappa shape index (κ2) is 4.50. The molecule has 0 bridgehead atoms. The van der Waals surface area contributed by atoms with Gasteiger partial charge in [-0.1, -0.05) is 6.07 Å². The molecule has 2 aromatic rings. The van der Waals surface area contributed by atoms with E-state index >= 15 is 0 Å². The van der Waals surface area contributed by atoms with Gasteiger partial charge in [-0.15, -0.1) is 0 Å². The lowest BCUT2D eigenvalue weighted by Gasteiger charge is -2.26. The van der Waals surface area contributed by atoms with Crippen molar-refractivity contribution in [3.05, 3.63) is 53.6 Å². The maximum Gasteiger partial charge on any atom is 0.129 e. The zero-order chi connectivity index (χ0) is 13.4. The highest BCUT2D eigenvalue weighted by Crippen LogP contribution is 2.25. The molecule has 1 atom stereocenters. The highest BCUT2D eigenvalue weighted by molar-refractivity contribution is 6.00. The smallest absolute Gasteiger partial charge is 0.129 e. The number of benzene rings is 1. The van der Waals surface area contributed by atoms with E-state index < -0.39 is 0 Å². The van der Waals surface area contributed by atoms with Crippen LogP contribution in [0, 0.1) is 11.2 Å². The molecular weight excluding hydrogens is 243 g/mol. The number of fused-ring (bicyclic) bond motifs is 1. The molecule has 98 valence electrons. The van der Waals surface area contributed by atoms with Crippen molar-refractivity contribution >= 4 is 5.84 Å². The van der Waals surface area contributed by atoms with E-state index in [0.717, 1.165) is 5.56 Å². The third-order valence-corrected chi connectivity index (χ3v) is 3.50. The van der Waals surface area contributed by atoms with Crippen LogP contribution in [0.2, 0.25) is 0 Å². The Balaban J connectivity index is 1.79. The molecule has 2 heterocycles. The van der Waals surface area contributed by atoms with Gasteiger partial charge in [0.1, 0.15) is 11.7 Å². The first-order valence-corrected chi connectivity index (χ1v) is 6.26. The maximum absolute atomic E-state index is 13.2. The van der Waals surface area contributed by atoms with Gasteiger partial charge in [0.05, 0.1) is 6.54 Å². The molecule has 0 saturated heterocycles. The summed E-state index contributed by atoms with van der Waals surface area (Å²) in [4.78, 5) is 1.98. The monoisotopic (exact) mass is 258 g/mol. The van der Waals surface area contributed by atoms with Crippen molar-refractivity contribution in [2.45, 2.75) is 26.1 Å². The maximum atomic E-state index is 13.2. The van der Waals surface area contributed by atoms with E-state index in [1.165, 1.54) is 12.1 Å². The summed E-state index contributed by atoms with van der Waals surface area (Å²) in [5.41, 5.74) is 1.71. The molecule has 0 radical (unpaired) electrons. The standard InChI is InChI=1S/C14H15FN4/c1-10(8-18-6-2-5-17-18)19-9-11-3-4-12(15)7-13(11)14(19)16/h2-7,10,16H,8-9H2,1H3. The number of halogens is 1. The number of nitrogens with one attached hydrogen (secondary N) is 1. The predicted molar refractivity (Wildman–Crippen MR) is 70.5 cm³/mol. The van der Waals surface area contributed by atoms with Crippen LogP contribution in [0.4, 0.5) is 4.39 Å². The van der Waals surface area contributed by atoms with E-state index in [1.807, 2.05) is 21.8 Å². The van der Waals surface area contributed by atoms with Gasteiger partial charge in [-0.2, -0.15) is 5.10 Å². The number of rotatable bonds is 3. The van der Waals surface area contributed by atoms with Crippen LogP contribution in [0.3, 0.4) is 0 Å². The summed E-state index contributed by atoms with van der Waals surface area (Å²) in [6, 6.07) is 6.68. The van der Waals surface area contributed by atoms with E-state index in [-0.39, 0.29) is 11.9 Å². The van der Waals surface area contributed by atoms with Crippen molar-refractivity contribution in [2.24, 2.45) is 0 Å². The molecule has 5 heteroatoms. The second-order valence-electron chi connectivity index (χ2n) is 4.86. The Bertz CT molecular complexity index is 606. The Morgan fingerprint density at radius 2 is 2.32 bits per heavy atom. The fraction of sp³-hybridized carbons (Fsp3) is 0.286. The van der Waals surface area contributed by atoms with Gasteiger partial charge in [0.2, 0.25) is 0 Å². The van der Waals surface area contributed by atoms with Crippen molar-refractivity contribution in [1.82, 2.24) is 14.7 Å². The van der Waals surface area contributed by atoms with Gasteiger partial charge in [-0.05, 0) is 30.7 Å². The summed E-state index contributed by atoms with van der Waals surface area (Å²) in [5.74, 6) is 0.110. The molecular formula is C14H15FN4. The topological polar surface area (TPSA) is 44.9 Å². The van der Waals surface area contributed by atoms with Gasteiger partial charge in [-0.25, -0.2) is 4.39 Å². The quantitative estimate of drug-likeness (QED) is 0.917. The minimum atomic E-state index is -0.287. The van der Waals surface area contributed by atoms with Crippen LogP contribution in [0.15, 0.2) is 36.7 Å². The molecule has 1 unspecified atom stereocenters. The molecule has 1 aromatic carbocycles. The Morgan fingerprint density at radius 3 is 3.05 bits per heavy atom. The Labute approximate surface area is 111 Å². The number of hydrogen-bond acceptors (Lipinski definition) is 2. The summed E-state index contributed by atoms with van der Waals surface area (Å²) in [6.45, 7) is 3.43. The molecule has 4 nitrogen and oxygen atoms in total. The van der Waals surface area contributed by atoms with Gasteiger partial charge in [0, 0.05) is 30.5 Å². The van der Waals surface area contributed by atoms with Crippen LogP contribution in [0.25, 0.3) is 0 Å². The molecule has 0 fully saturated rings. The SMILES string of the molecule is CC(Cn1cccn1)N1Cc2ccc(F)cc2C1=N. The molecule has 0 aliphatic carbocycles. The van der Waals surface area contributed by atoms with Gasteiger partial charge in [-0.3, -0.25) is 10.1 Å². The first-order chi connectivity index (χ1) is 9.15. The van der Waals surface area contributed by atoms with Gasteiger partial charge in [0.25, 0.3) is 0 Å². The van der Waals surface area contributed by atoms with E-state index in [9.17, 15) is 4.39 Å². The third kappa shape index (κ3) is 2.12. The normalized spacial score (nSPS) is 15.7. The van der Waals surface area contributed by atoms with E-state index in [0.29, 0.717) is 24.5 Å². The molecule has 19 heavy (non-hydrogen) atoms. The molecule has 0 spiro atoms. The fourth-order valence-corrected chi connectivity index (χ4v) is 2.48. The highest BCUT2D eigenvalue weighted by atomic mass is 19.1. The van der Waals surface area contributed by atoms with E-state index in [2.05, 4.69) is 12.0 Å². The molecule has 1 N–H and O–H groups in total. The first-order valence-electron chi connectivity index (χ1n) is 6.26. The number of hydrogen-bond donors (Lipinski definition) is 1. The lowest BCUT2D eigenvalue weighted by atomic mass is 10.1. The largest absolute Gasteiger partial charge is 0.348 e. The van der Waals surface area contributed by atoms with Gasteiger partial charge in [0.15, 0.2) is 0 Å². The van der Waals surface area contributed by atoms with Crippen LogP contribution < -0.4 is 0 Å². The van der Waals surface area contributed by atoms with Crippen molar-refractivity contribution in [3.8, 4) is 0 Å². The van der Waals surface area contributed by atoms with Crippen LogP contribution in [0.1, 0.15) is 18.1 Å². The number of aromatic nitrogens is 2. The number of amidine groups is 1. The molecule has 3 rings (SSSR count). The Morgan fingerprint density at radius 1 is 1.47 bits per heavy atom. The first kappa shape index (κ1) is 11.9. The second-order valence-corrected chi connectivity index (χ2v) is 4.86. The molecule has 1 aromatic heterocycles. The average Bonchev–Trinajstić information content (AvgIpc) is 2.98. The molecule has 0 amide bonds. The van der Waals surface area contributed by atoms with Crippen molar-refractivity contribution < 1.29 is 4.39 Å². The third-order valence-electron chi connectivity index (χ3n) is 3.50. The lowest BCUT2D eigenvalue weighted by Crippen LogP contribution is -2.36. The number of nitrogens with zero attached hydrogens (tertiary/aromatic N) is 3. The minimum absolute atomic E-state index is 0.142. The van der Waals surface area contributed by atoms with E-state index in [4.69, 9.17) is 5.41 Å². The van der Waals surface area contributed by atoms with E-state index in [1.54, 1.807) is 12.3 Å². The fourth-order valence-electron chi connectivity index (χ4n) is 2.48. The summed E-state index contributed by atoms with van der Waals surface area (Å²) in [7, 11) is 0. The van der Waals surface area contributed by atoms with Crippen molar-refractivity contribution in [1.29, 1.82) is 5.41 Å². The van der Waals surface area contributed by atoms with Crippen LogP contribution in [-0.4, -0.2) is 26.6 Å².